The van der Waals surface area contributed by atoms with Gasteiger partial charge in [0, 0.05) is 29.6 Å². The molecule has 0 aromatic heterocycles. The standard InChI is InChI=1S/C33H41F5O4/c1-5-20-6-8-21(9-7-20)23-16-28(4)24(12-15-31(28,40)32(34,35)33(36,37)38)22-10-13-29(39)17-30(14-11-25(29)26(22)23)41-18-27(2,3)19-42-30/h5-9,22-24,39-40H,1,10-19H2,2-4H3/t22?,23-,24?,28?,29?,31?/m1/s1. The molecular formula is C33H41F5O4. The van der Waals surface area contributed by atoms with Crippen LogP contribution in [0.4, 0.5) is 22.0 Å². The van der Waals surface area contributed by atoms with Gasteiger partial charge in [-0.25, -0.2) is 0 Å². The summed E-state index contributed by atoms with van der Waals surface area (Å²) in [6.45, 7) is 10.3. The topological polar surface area (TPSA) is 58.9 Å². The molecular weight excluding hydrogens is 555 g/mol. The molecule has 1 aromatic rings. The van der Waals surface area contributed by atoms with Gasteiger partial charge < -0.3 is 19.7 Å². The first-order chi connectivity index (χ1) is 19.4. The van der Waals surface area contributed by atoms with Crippen LogP contribution in [-0.4, -0.2) is 52.5 Å². The second kappa shape index (κ2) is 9.35. The molecule has 3 saturated carbocycles. The highest BCUT2D eigenvalue weighted by Crippen LogP contribution is 2.71. The van der Waals surface area contributed by atoms with Crippen LogP contribution in [0.25, 0.3) is 6.08 Å². The molecule has 6 atom stereocenters. The highest BCUT2D eigenvalue weighted by atomic mass is 19.4. The van der Waals surface area contributed by atoms with Crippen molar-refractivity contribution in [1.82, 2.24) is 0 Å². The number of hydrogen-bond donors (Lipinski definition) is 2. The van der Waals surface area contributed by atoms with Crippen LogP contribution in [0.3, 0.4) is 0 Å². The number of fused-ring (bicyclic) bond motifs is 4. The Hall–Kier alpha value is -1.81. The van der Waals surface area contributed by atoms with Gasteiger partial charge in [0.25, 0.3) is 0 Å². The van der Waals surface area contributed by atoms with Crippen molar-refractivity contribution < 1.29 is 41.6 Å². The summed E-state index contributed by atoms with van der Waals surface area (Å²) < 4.78 is 84.3. The smallest absolute Gasteiger partial charge is 0.385 e. The average Bonchev–Trinajstić information content (AvgIpc) is 3.20. The molecule has 4 nitrogen and oxygen atoms in total. The van der Waals surface area contributed by atoms with Crippen LogP contribution < -0.4 is 0 Å². The molecule has 4 aliphatic carbocycles. The number of benzene rings is 1. The highest BCUT2D eigenvalue weighted by molar-refractivity contribution is 5.50. The number of alkyl halides is 5. The molecule has 0 amide bonds. The summed E-state index contributed by atoms with van der Waals surface area (Å²) in [5.74, 6) is -7.62. The molecule has 0 bridgehead atoms. The van der Waals surface area contributed by atoms with Crippen molar-refractivity contribution in [2.75, 3.05) is 13.2 Å². The first-order valence-corrected chi connectivity index (χ1v) is 15.0. The molecule has 9 heteroatoms. The molecule has 4 fully saturated rings. The summed E-state index contributed by atoms with van der Waals surface area (Å²) in [7, 11) is 0. The number of allylic oxidation sites excluding steroid dienone is 1. The van der Waals surface area contributed by atoms with Gasteiger partial charge in [0.15, 0.2) is 5.79 Å². The Balaban J connectivity index is 1.46. The zero-order valence-corrected chi connectivity index (χ0v) is 24.5. The van der Waals surface area contributed by atoms with E-state index >= 15 is 8.78 Å². The van der Waals surface area contributed by atoms with Crippen LogP contribution in [0.15, 0.2) is 42.0 Å². The van der Waals surface area contributed by atoms with Crippen LogP contribution in [-0.2, 0) is 9.47 Å². The van der Waals surface area contributed by atoms with E-state index in [2.05, 4.69) is 20.4 Å². The monoisotopic (exact) mass is 596 g/mol. The summed E-state index contributed by atoms with van der Waals surface area (Å²) in [6, 6.07) is 7.41. The average molecular weight is 597 g/mol. The molecule has 0 radical (unpaired) electrons. The van der Waals surface area contributed by atoms with E-state index in [9.17, 15) is 23.4 Å². The van der Waals surface area contributed by atoms with E-state index in [-0.39, 0.29) is 30.6 Å². The second-order valence-corrected chi connectivity index (χ2v) is 14.6. The molecule has 1 saturated heterocycles. The van der Waals surface area contributed by atoms with Crippen molar-refractivity contribution in [3.05, 3.63) is 53.1 Å². The summed E-state index contributed by atoms with van der Waals surface area (Å²) in [5.41, 5.74) is -2.89. The number of halogens is 5. The molecule has 232 valence electrons. The van der Waals surface area contributed by atoms with E-state index in [0.717, 1.165) is 22.3 Å². The van der Waals surface area contributed by atoms with Crippen LogP contribution >= 0.6 is 0 Å². The quantitative estimate of drug-likeness (QED) is 0.280. The molecule has 42 heavy (non-hydrogen) atoms. The van der Waals surface area contributed by atoms with E-state index in [0.29, 0.717) is 38.9 Å². The van der Waals surface area contributed by atoms with E-state index < -0.39 is 52.8 Å². The van der Waals surface area contributed by atoms with Crippen molar-refractivity contribution in [2.45, 2.75) is 107 Å². The lowest BCUT2D eigenvalue weighted by atomic mass is 9.49. The third kappa shape index (κ3) is 4.20. The Morgan fingerprint density at radius 1 is 0.929 bits per heavy atom. The summed E-state index contributed by atoms with van der Waals surface area (Å²) >= 11 is 0. The zero-order chi connectivity index (χ0) is 30.6. The van der Waals surface area contributed by atoms with Crippen LogP contribution in [0, 0.1) is 22.7 Å². The van der Waals surface area contributed by atoms with E-state index in [4.69, 9.17) is 9.47 Å². The number of rotatable bonds is 3. The predicted octanol–water partition coefficient (Wildman–Crippen LogP) is 7.55. The highest BCUT2D eigenvalue weighted by Gasteiger charge is 2.79. The summed E-state index contributed by atoms with van der Waals surface area (Å²) in [6.07, 6.45) is -2.83. The lowest BCUT2D eigenvalue weighted by molar-refractivity contribution is -0.362. The minimum Gasteiger partial charge on any atom is -0.385 e. The molecule has 6 rings (SSSR count). The Bertz CT molecular complexity index is 1280. The normalized spacial score (nSPS) is 39.4. The number of aliphatic hydroxyl groups is 2. The van der Waals surface area contributed by atoms with Gasteiger partial charge in [-0.1, -0.05) is 63.3 Å². The van der Waals surface area contributed by atoms with Crippen molar-refractivity contribution in [2.24, 2.45) is 22.7 Å². The fourth-order valence-corrected chi connectivity index (χ4v) is 9.17. The van der Waals surface area contributed by atoms with Gasteiger partial charge in [-0.05, 0) is 67.1 Å². The zero-order valence-electron chi connectivity index (χ0n) is 24.5. The van der Waals surface area contributed by atoms with Crippen molar-refractivity contribution in [3.8, 4) is 0 Å². The maximum atomic E-state index is 15.2. The van der Waals surface area contributed by atoms with Gasteiger partial charge in [-0.3, -0.25) is 0 Å². The van der Waals surface area contributed by atoms with Gasteiger partial charge in [0.1, 0.15) is 5.60 Å². The largest absolute Gasteiger partial charge is 0.456 e. The van der Waals surface area contributed by atoms with Crippen LogP contribution in [0.2, 0.25) is 0 Å². The third-order valence-electron chi connectivity index (χ3n) is 11.5. The van der Waals surface area contributed by atoms with Crippen molar-refractivity contribution in [3.63, 3.8) is 0 Å². The molecule has 5 aliphatic rings. The molecule has 2 N–H and O–H groups in total. The van der Waals surface area contributed by atoms with Gasteiger partial charge in [0.2, 0.25) is 0 Å². The number of ether oxygens (including phenoxy) is 2. The molecule has 5 unspecified atom stereocenters. The summed E-state index contributed by atoms with van der Waals surface area (Å²) in [5, 5.41) is 23.7. The number of hydrogen-bond acceptors (Lipinski definition) is 4. The predicted molar refractivity (Wildman–Crippen MR) is 148 cm³/mol. The lowest BCUT2D eigenvalue weighted by Gasteiger charge is -2.59. The Labute approximate surface area is 244 Å². The Kier molecular flexibility index (Phi) is 6.73. The first-order valence-electron chi connectivity index (χ1n) is 15.0. The van der Waals surface area contributed by atoms with E-state index in [1.54, 1.807) is 6.08 Å². The molecule has 1 spiro atoms. The maximum Gasteiger partial charge on any atom is 0.456 e. The third-order valence-corrected chi connectivity index (χ3v) is 11.5. The van der Waals surface area contributed by atoms with Crippen molar-refractivity contribution >= 4 is 6.08 Å². The minimum absolute atomic E-state index is 0.0614. The van der Waals surface area contributed by atoms with Crippen molar-refractivity contribution in [1.29, 1.82) is 0 Å². The SMILES string of the molecule is C=Cc1ccc([C@H]2CC3(C)C(CCC3(O)C(F)(F)C(F)(F)F)C3CCC4(O)CC5(CCC4=C32)OCC(C)(C)CO5)cc1. The second-order valence-electron chi connectivity index (χ2n) is 14.6. The maximum absolute atomic E-state index is 15.2. The Morgan fingerprint density at radius 3 is 2.17 bits per heavy atom. The van der Waals surface area contributed by atoms with Gasteiger partial charge in [-0.2, -0.15) is 22.0 Å². The summed E-state index contributed by atoms with van der Waals surface area (Å²) in [4.78, 5) is 0. The van der Waals surface area contributed by atoms with Gasteiger partial charge in [-0.15, -0.1) is 0 Å². The first kappa shape index (κ1) is 30.2. The van der Waals surface area contributed by atoms with Gasteiger partial charge >= 0.3 is 12.1 Å². The van der Waals surface area contributed by atoms with Gasteiger partial charge in [0.05, 0.1) is 18.8 Å². The molecule has 1 heterocycles. The minimum atomic E-state index is -5.88. The molecule has 1 aliphatic heterocycles. The lowest BCUT2D eigenvalue weighted by Crippen LogP contribution is -2.65. The van der Waals surface area contributed by atoms with E-state index in [1.165, 1.54) is 6.92 Å². The fraction of sp³-hybridized carbons (Fsp3) is 0.697. The van der Waals surface area contributed by atoms with Crippen LogP contribution in [0.5, 0.6) is 0 Å². The Morgan fingerprint density at radius 2 is 1.57 bits per heavy atom. The van der Waals surface area contributed by atoms with Crippen LogP contribution in [0.1, 0.15) is 89.2 Å². The van der Waals surface area contributed by atoms with E-state index in [1.807, 2.05) is 24.3 Å². The molecule has 1 aromatic carbocycles. The fourth-order valence-electron chi connectivity index (χ4n) is 9.17.